The Morgan fingerprint density at radius 3 is 2.65 bits per heavy atom. The van der Waals surface area contributed by atoms with Crippen LogP contribution in [0.1, 0.15) is 12.5 Å². The quantitative estimate of drug-likeness (QED) is 0.930. The molecule has 2 aromatic rings. The molecule has 0 atom stereocenters. The minimum atomic E-state index is 0.589. The molecule has 0 aliphatic heterocycles. The Bertz CT molecular complexity index is 633. The second-order valence-electron chi connectivity index (χ2n) is 4.11. The molecule has 102 valence electrons. The van der Waals surface area contributed by atoms with Crippen molar-refractivity contribution in [3.8, 4) is 6.07 Å². The highest BCUT2D eigenvalue weighted by atomic mass is 79.9. The van der Waals surface area contributed by atoms with Gasteiger partial charge in [0.05, 0.1) is 16.1 Å². The summed E-state index contributed by atoms with van der Waals surface area (Å²) in [7, 11) is 1.92. The van der Waals surface area contributed by atoms with Crippen molar-refractivity contribution in [2.75, 3.05) is 23.8 Å². The molecule has 0 fully saturated rings. The number of aromatic nitrogens is 2. The summed E-state index contributed by atoms with van der Waals surface area (Å²) < 4.78 is 0.811. The van der Waals surface area contributed by atoms with Gasteiger partial charge in [-0.3, -0.25) is 0 Å². The van der Waals surface area contributed by atoms with Crippen molar-refractivity contribution in [1.29, 1.82) is 5.26 Å². The van der Waals surface area contributed by atoms with Gasteiger partial charge in [-0.1, -0.05) is 0 Å². The fourth-order valence-electron chi connectivity index (χ4n) is 1.72. The first-order valence-electron chi connectivity index (χ1n) is 6.16. The van der Waals surface area contributed by atoms with E-state index < -0.39 is 0 Å². The van der Waals surface area contributed by atoms with E-state index in [9.17, 15) is 0 Å². The molecule has 5 nitrogen and oxygen atoms in total. The molecule has 1 heterocycles. The van der Waals surface area contributed by atoms with E-state index in [4.69, 9.17) is 5.26 Å². The number of rotatable bonds is 4. The average Bonchev–Trinajstić information content (AvgIpc) is 2.49. The normalized spacial score (nSPS) is 9.90. The third kappa shape index (κ3) is 3.06. The predicted octanol–water partition coefficient (Wildman–Crippen LogP) is 3.31. The van der Waals surface area contributed by atoms with Crippen LogP contribution < -0.4 is 10.2 Å². The largest absolute Gasteiger partial charge is 0.354 e. The molecule has 0 amide bonds. The first-order chi connectivity index (χ1) is 9.65. The van der Waals surface area contributed by atoms with Gasteiger partial charge >= 0.3 is 0 Å². The van der Waals surface area contributed by atoms with E-state index in [1.54, 1.807) is 18.3 Å². The maximum absolute atomic E-state index is 8.82. The molecule has 0 spiro atoms. The molecule has 0 bridgehead atoms. The topological polar surface area (TPSA) is 64.8 Å². The van der Waals surface area contributed by atoms with Crippen molar-refractivity contribution in [3.05, 3.63) is 40.5 Å². The van der Waals surface area contributed by atoms with E-state index in [0.717, 1.165) is 22.5 Å². The van der Waals surface area contributed by atoms with Crippen LogP contribution in [-0.4, -0.2) is 23.6 Å². The van der Waals surface area contributed by atoms with Gasteiger partial charge < -0.3 is 10.2 Å². The number of benzene rings is 1. The van der Waals surface area contributed by atoms with Gasteiger partial charge in [0.15, 0.2) is 5.82 Å². The van der Waals surface area contributed by atoms with E-state index in [-0.39, 0.29) is 0 Å². The molecule has 0 aliphatic rings. The summed E-state index contributed by atoms with van der Waals surface area (Å²) >= 11 is 3.46. The highest BCUT2D eigenvalue weighted by Crippen LogP contribution is 2.29. The summed E-state index contributed by atoms with van der Waals surface area (Å²) in [6.07, 6.45) is 1.72. The monoisotopic (exact) mass is 331 g/mol. The number of halogens is 1. The molecular weight excluding hydrogens is 318 g/mol. The molecule has 1 aromatic heterocycles. The predicted molar refractivity (Wildman–Crippen MR) is 83.1 cm³/mol. The summed E-state index contributed by atoms with van der Waals surface area (Å²) in [6, 6.07) is 9.45. The van der Waals surface area contributed by atoms with Gasteiger partial charge in [0.2, 0.25) is 5.95 Å². The highest BCUT2D eigenvalue weighted by Gasteiger charge is 2.11. The molecule has 0 radical (unpaired) electrons. The van der Waals surface area contributed by atoms with E-state index in [0.29, 0.717) is 11.5 Å². The van der Waals surface area contributed by atoms with Gasteiger partial charge in [0, 0.05) is 25.5 Å². The van der Waals surface area contributed by atoms with Crippen LogP contribution >= 0.6 is 15.9 Å². The standard InChI is InChI=1S/C14H14BrN5/c1-3-17-14-18-9-12(15)13(19-14)20(2)11-6-4-10(8-16)5-7-11/h4-7,9H,3H2,1-2H3,(H,17,18,19). The van der Waals surface area contributed by atoms with Crippen LogP contribution in [-0.2, 0) is 0 Å². The van der Waals surface area contributed by atoms with Gasteiger partial charge in [-0.25, -0.2) is 4.98 Å². The van der Waals surface area contributed by atoms with Crippen LogP contribution in [0.4, 0.5) is 17.5 Å². The van der Waals surface area contributed by atoms with Crippen molar-refractivity contribution < 1.29 is 0 Å². The van der Waals surface area contributed by atoms with Crippen molar-refractivity contribution in [1.82, 2.24) is 9.97 Å². The first-order valence-corrected chi connectivity index (χ1v) is 6.95. The van der Waals surface area contributed by atoms with Gasteiger partial charge in [0.1, 0.15) is 0 Å². The van der Waals surface area contributed by atoms with Crippen LogP contribution in [0.3, 0.4) is 0 Å². The van der Waals surface area contributed by atoms with Crippen molar-refractivity contribution in [2.45, 2.75) is 6.92 Å². The second-order valence-corrected chi connectivity index (χ2v) is 4.97. The molecule has 2 rings (SSSR count). The molecule has 0 saturated heterocycles. The molecule has 0 saturated carbocycles. The third-order valence-electron chi connectivity index (χ3n) is 2.76. The molecule has 0 unspecified atom stereocenters. The number of hydrogen-bond acceptors (Lipinski definition) is 5. The third-order valence-corrected chi connectivity index (χ3v) is 3.32. The fourth-order valence-corrected chi connectivity index (χ4v) is 2.18. The molecule has 0 aliphatic carbocycles. The van der Waals surface area contributed by atoms with Crippen molar-refractivity contribution in [3.63, 3.8) is 0 Å². The highest BCUT2D eigenvalue weighted by molar-refractivity contribution is 9.10. The summed E-state index contributed by atoms with van der Waals surface area (Å²) in [5, 5.41) is 11.9. The van der Waals surface area contributed by atoms with E-state index >= 15 is 0 Å². The lowest BCUT2D eigenvalue weighted by Crippen LogP contribution is -2.14. The Kier molecular flexibility index (Phi) is 4.53. The maximum Gasteiger partial charge on any atom is 0.224 e. The number of nitriles is 1. The zero-order valence-electron chi connectivity index (χ0n) is 11.3. The van der Waals surface area contributed by atoms with Crippen LogP contribution in [0.5, 0.6) is 0 Å². The lowest BCUT2D eigenvalue weighted by Gasteiger charge is -2.20. The van der Waals surface area contributed by atoms with Crippen LogP contribution in [0.2, 0.25) is 0 Å². The van der Waals surface area contributed by atoms with Crippen LogP contribution in [0, 0.1) is 11.3 Å². The van der Waals surface area contributed by atoms with Crippen LogP contribution in [0.25, 0.3) is 0 Å². The van der Waals surface area contributed by atoms with Crippen molar-refractivity contribution in [2.24, 2.45) is 0 Å². The smallest absolute Gasteiger partial charge is 0.224 e. The lowest BCUT2D eigenvalue weighted by molar-refractivity contribution is 1.04. The summed E-state index contributed by atoms with van der Waals surface area (Å²) in [6.45, 7) is 2.76. The molecular formula is C14H14BrN5. The number of nitrogens with zero attached hydrogens (tertiary/aromatic N) is 4. The lowest BCUT2D eigenvalue weighted by atomic mass is 10.2. The van der Waals surface area contributed by atoms with E-state index in [1.807, 2.05) is 31.0 Å². The zero-order valence-corrected chi connectivity index (χ0v) is 12.8. The number of nitrogens with one attached hydrogen (secondary N) is 1. The second kappa shape index (κ2) is 6.35. The maximum atomic E-state index is 8.82. The minimum absolute atomic E-state index is 0.589. The molecule has 6 heteroatoms. The number of hydrogen-bond donors (Lipinski definition) is 1. The van der Waals surface area contributed by atoms with E-state index in [2.05, 4.69) is 37.3 Å². The van der Waals surface area contributed by atoms with Gasteiger partial charge in [-0.05, 0) is 47.1 Å². The van der Waals surface area contributed by atoms with Gasteiger partial charge in [0.25, 0.3) is 0 Å². The average molecular weight is 332 g/mol. The Morgan fingerprint density at radius 2 is 2.05 bits per heavy atom. The Balaban J connectivity index is 2.33. The zero-order chi connectivity index (χ0) is 14.5. The van der Waals surface area contributed by atoms with E-state index in [1.165, 1.54) is 0 Å². The SMILES string of the molecule is CCNc1ncc(Br)c(N(C)c2ccc(C#N)cc2)n1. The minimum Gasteiger partial charge on any atom is -0.354 e. The Labute approximate surface area is 126 Å². The summed E-state index contributed by atoms with van der Waals surface area (Å²) in [4.78, 5) is 10.6. The summed E-state index contributed by atoms with van der Waals surface area (Å²) in [5.41, 5.74) is 1.59. The van der Waals surface area contributed by atoms with Gasteiger partial charge in [-0.2, -0.15) is 10.2 Å². The van der Waals surface area contributed by atoms with Crippen LogP contribution in [0.15, 0.2) is 34.9 Å². The fraction of sp³-hybridized carbons (Fsp3) is 0.214. The number of anilines is 3. The van der Waals surface area contributed by atoms with Gasteiger partial charge in [-0.15, -0.1) is 0 Å². The molecule has 1 N–H and O–H groups in total. The van der Waals surface area contributed by atoms with Crippen molar-refractivity contribution >= 4 is 33.4 Å². The Morgan fingerprint density at radius 1 is 1.35 bits per heavy atom. The molecule has 1 aromatic carbocycles. The summed E-state index contributed by atoms with van der Waals surface area (Å²) in [5.74, 6) is 1.35. The molecule has 20 heavy (non-hydrogen) atoms. The Hall–Kier alpha value is -2.13. The first kappa shape index (κ1) is 14.3.